The van der Waals surface area contributed by atoms with Crippen LogP contribution in [0.1, 0.15) is 17.3 Å². The maximum atomic E-state index is 11.3. The van der Waals surface area contributed by atoms with Crippen LogP contribution in [0.2, 0.25) is 0 Å². The van der Waals surface area contributed by atoms with Gasteiger partial charge >= 0.3 is 0 Å². The van der Waals surface area contributed by atoms with Gasteiger partial charge in [-0.2, -0.15) is 5.10 Å². The zero-order chi connectivity index (χ0) is 12.4. The van der Waals surface area contributed by atoms with Crippen molar-refractivity contribution in [1.29, 1.82) is 0 Å². The molecule has 0 bridgehead atoms. The molecule has 4 nitrogen and oxygen atoms in total. The van der Waals surface area contributed by atoms with Gasteiger partial charge in [-0.1, -0.05) is 0 Å². The van der Waals surface area contributed by atoms with Gasteiger partial charge in [-0.25, -0.2) is 0 Å². The van der Waals surface area contributed by atoms with Gasteiger partial charge in [-0.3, -0.25) is 9.48 Å². The Labute approximate surface area is 107 Å². The topological polar surface area (TPSA) is 44.1 Å². The number of carbonyl (C=O) groups excluding carboxylic acids is 1. The van der Waals surface area contributed by atoms with Crippen LogP contribution in [-0.4, -0.2) is 15.6 Å². The van der Waals surface area contributed by atoms with Gasteiger partial charge in [0, 0.05) is 17.1 Å². The highest BCUT2D eigenvalue weighted by Crippen LogP contribution is 2.27. The Kier molecular flexibility index (Phi) is 3.28. The van der Waals surface area contributed by atoms with E-state index in [-0.39, 0.29) is 5.78 Å². The van der Waals surface area contributed by atoms with E-state index in [0.29, 0.717) is 17.1 Å². The maximum Gasteiger partial charge on any atom is 0.165 e. The van der Waals surface area contributed by atoms with E-state index >= 15 is 0 Å². The Morgan fingerprint density at radius 3 is 2.71 bits per heavy atom. The molecule has 0 saturated heterocycles. The highest BCUT2D eigenvalue weighted by Gasteiger charge is 2.07. The smallest absolute Gasteiger partial charge is 0.165 e. The van der Waals surface area contributed by atoms with Crippen molar-refractivity contribution in [2.24, 2.45) is 7.05 Å². The minimum absolute atomic E-state index is 0.0183. The molecular weight excluding hydrogens is 284 g/mol. The predicted molar refractivity (Wildman–Crippen MR) is 67.4 cm³/mol. The third-order valence-corrected chi connectivity index (χ3v) is 2.89. The average molecular weight is 295 g/mol. The van der Waals surface area contributed by atoms with Crippen LogP contribution in [0, 0.1) is 0 Å². The number of aryl methyl sites for hydroxylation is 1. The zero-order valence-electron chi connectivity index (χ0n) is 9.48. The molecule has 0 N–H and O–H groups in total. The summed E-state index contributed by atoms with van der Waals surface area (Å²) < 4.78 is 7.98. The summed E-state index contributed by atoms with van der Waals surface area (Å²) in [6.45, 7) is 1.53. The van der Waals surface area contributed by atoms with Crippen molar-refractivity contribution in [2.45, 2.75) is 6.92 Å². The first-order chi connectivity index (χ1) is 8.06. The molecule has 0 atom stereocenters. The van der Waals surface area contributed by atoms with E-state index in [1.54, 1.807) is 35.3 Å². The fourth-order valence-electron chi connectivity index (χ4n) is 1.43. The van der Waals surface area contributed by atoms with Gasteiger partial charge in [0.1, 0.15) is 5.75 Å². The van der Waals surface area contributed by atoms with Crippen LogP contribution in [0.3, 0.4) is 0 Å². The van der Waals surface area contributed by atoms with E-state index in [9.17, 15) is 4.79 Å². The van der Waals surface area contributed by atoms with Crippen LogP contribution in [0.25, 0.3) is 0 Å². The Morgan fingerprint density at radius 1 is 1.41 bits per heavy atom. The van der Waals surface area contributed by atoms with Crippen LogP contribution in [-0.2, 0) is 7.05 Å². The van der Waals surface area contributed by atoms with E-state index in [4.69, 9.17) is 4.74 Å². The van der Waals surface area contributed by atoms with E-state index in [1.165, 1.54) is 6.92 Å². The van der Waals surface area contributed by atoms with Crippen molar-refractivity contribution in [2.75, 3.05) is 0 Å². The molecule has 1 heterocycles. The van der Waals surface area contributed by atoms with Gasteiger partial charge in [-0.15, -0.1) is 0 Å². The molecule has 0 saturated carbocycles. The van der Waals surface area contributed by atoms with Crippen molar-refractivity contribution >= 4 is 21.7 Å². The largest absolute Gasteiger partial charge is 0.454 e. The Bertz CT molecular complexity index is 563. The SMILES string of the molecule is CC(=O)c1ccc(Oc2cnn(C)c2)cc1Br. The summed E-state index contributed by atoms with van der Waals surface area (Å²) in [6.07, 6.45) is 3.40. The third kappa shape index (κ3) is 2.74. The highest BCUT2D eigenvalue weighted by molar-refractivity contribution is 9.10. The molecular formula is C12H11BrN2O2. The fraction of sp³-hybridized carbons (Fsp3) is 0.167. The number of Topliss-reactive ketones (excluding diaryl/α,β-unsaturated/α-hetero) is 1. The summed E-state index contributed by atoms with van der Waals surface area (Å²) in [5, 5.41) is 4.01. The van der Waals surface area contributed by atoms with Crippen LogP contribution >= 0.6 is 15.9 Å². The lowest BCUT2D eigenvalue weighted by Crippen LogP contribution is -1.93. The Hall–Kier alpha value is -1.62. The third-order valence-electron chi connectivity index (χ3n) is 2.24. The van der Waals surface area contributed by atoms with Crippen LogP contribution in [0.5, 0.6) is 11.5 Å². The van der Waals surface area contributed by atoms with Crippen LogP contribution in [0.15, 0.2) is 35.1 Å². The number of hydrogen-bond donors (Lipinski definition) is 0. The number of carbonyl (C=O) groups is 1. The number of ketones is 1. The molecule has 88 valence electrons. The summed E-state index contributed by atoms with van der Waals surface area (Å²) in [5.74, 6) is 1.34. The number of aromatic nitrogens is 2. The first-order valence-electron chi connectivity index (χ1n) is 5.03. The van der Waals surface area contributed by atoms with E-state index in [1.807, 2.05) is 7.05 Å². The van der Waals surface area contributed by atoms with Crippen molar-refractivity contribution in [1.82, 2.24) is 9.78 Å². The molecule has 17 heavy (non-hydrogen) atoms. The lowest BCUT2D eigenvalue weighted by Gasteiger charge is -2.05. The van der Waals surface area contributed by atoms with Crippen LogP contribution < -0.4 is 4.74 Å². The van der Waals surface area contributed by atoms with Crippen molar-refractivity contribution in [3.63, 3.8) is 0 Å². The molecule has 1 aromatic carbocycles. The second kappa shape index (κ2) is 4.71. The van der Waals surface area contributed by atoms with Gasteiger partial charge in [0.05, 0.1) is 12.4 Å². The number of halogens is 1. The van der Waals surface area contributed by atoms with Gasteiger partial charge in [0.25, 0.3) is 0 Å². The number of rotatable bonds is 3. The summed E-state index contributed by atoms with van der Waals surface area (Å²) in [5.41, 5.74) is 0.642. The standard InChI is InChI=1S/C12H11BrN2O2/c1-8(16)11-4-3-9(5-12(11)13)17-10-6-14-15(2)7-10/h3-7H,1-2H3. The first-order valence-corrected chi connectivity index (χ1v) is 5.82. The average Bonchev–Trinajstić information content (AvgIpc) is 2.63. The van der Waals surface area contributed by atoms with Crippen molar-refractivity contribution in [3.05, 3.63) is 40.6 Å². The maximum absolute atomic E-state index is 11.3. The minimum Gasteiger partial charge on any atom is -0.454 e. The lowest BCUT2D eigenvalue weighted by atomic mass is 10.1. The molecule has 2 rings (SSSR count). The molecule has 1 aromatic heterocycles. The molecule has 0 radical (unpaired) electrons. The van der Waals surface area contributed by atoms with E-state index < -0.39 is 0 Å². The molecule has 5 heteroatoms. The number of nitrogens with zero attached hydrogens (tertiary/aromatic N) is 2. The van der Waals surface area contributed by atoms with Crippen molar-refractivity contribution < 1.29 is 9.53 Å². The second-order valence-corrected chi connectivity index (χ2v) is 4.50. The van der Waals surface area contributed by atoms with Gasteiger partial charge < -0.3 is 4.74 Å². The summed E-state index contributed by atoms with van der Waals surface area (Å²) >= 11 is 3.34. The first kappa shape index (κ1) is 11.9. The number of ether oxygens (including phenoxy) is 1. The van der Waals surface area contributed by atoms with Crippen molar-refractivity contribution in [3.8, 4) is 11.5 Å². The van der Waals surface area contributed by atoms with Gasteiger partial charge in [0.2, 0.25) is 0 Å². The zero-order valence-corrected chi connectivity index (χ0v) is 11.1. The predicted octanol–water partition coefficient (Wildman–Crippen LogP) is 3.18. The van der Waals surface area contributed by atoms with E-state index in [2.05, 4.69) is 21.0 Å². The quantitative estimate of drug-likeness (QED) is 0.817. The fourth-order valence-corrected chi connectivity index (χ4v) is 2.07. The molecule has 0 aliphatic carbocycles. The number of hydrogen-bond acceptors (Lipinski definition) is 3. The molecule has 0 amide bonds. The highest BCUT2D eigenvalue weighted by atomic mass is 79.9. The molecule has 0 aliphatic rings. The Morgan fingerprint density at radius 2 is 2.18 bits per heavy atom. The molecule has 2 aromatic rings. The van der Waals surface area contributed by atoms with Gasteiger partial charge in [-0.05, 0) is 41.1 Å². The minimum atomic E-state index is 0.0183. The van der Waals surface area contributed by atoms with E-state index in [0.717, 1.165) is 4.47 Å². The lowest BCUT2D eigenvalue weighted by molar-refractivity contribution is 0.101. The molecule has 0 aliphatic heterocycles. The summed E-state index contributed by atoms with van der Waals surface area (Å²) in [4.78, 5) is 11.3. The second-order valence-electron chi connectivity index (χ2n) is 3.65. The monoisotopic (exact) mass is 294 g/mol. The van der Waals surface area contributed by atoms with Gasteiger partial charge in [0.15, 0.2) is 11.5 Å². The molecule has 0 spiro atoms. The molecule has 0 fully saturated rings. The normalized spacial score (nSPS) is 10.3. The summed E-state index contributed by atoms with van der Waals surface area (Å²) in [6, 6.07) is 5.26. The Balaban J connectivity index is 2.23. The molecule has 0 unspecified atom stereocenters. The summed E-state index contributed by atoms with van der Waals surface area (Å²) in [7, 11) is 1.82. The van der Waals surface area contributed by atoms with Crippen LogP contribution in [0.4, 0.5) is 0 Å². The number of benzene rings is 1.